The zero-order valence-electron chi connectivity index (χ0n) is 15.5. The minimum absolute atomic E-state index is 0.0906. The summed E-state index contributed by atoms with van der Waals surface area (Å²) < 4.78 is 14.3. The number of aliphatic carboxylic acids is 1. The molecule has 0 unspecified atom stereocenters. The van der Waals surface area contributed by atoms with Crippen LogP contribution in [0.4, 0.5) is 4.39 Å². The smallest absolute Gasteiger partial charge is 0.328 e. The fraction of sp³-hybridized carbons (Fsp3) is 0.647. The SMILES string of the molecule is CC(C)(CC(=O)O)CC(=O)N[C@@H]1CC[C@@H](n2cc(F)c(=O)[nH]c2=O)[C@@H](O)[C@@H]1O. The maximum Gasteiger partial charge on any atom is 0.328 e. The number of aliphatic hydroxyl groups is 2. The van der Waals surface area contributed by atoms with Gasteiger partial charge >= 0.3 is 11.7 Å². The number of carbonyl (C=O) groups is 2. The molecule has 10 nitrogen and oxygen atoms in total. The van der Waals surface area contributed by atoms with Gasteiger partial charge in [-0.05, 0) is 18.3 Å². The van der Waals surface area contributed by atoms with Gasteiger partial charge in [-0.25, -0.2) is 4.79 Å². The average Bonchev–Trinajstić information content (AvgIpc) is 2.54. The highest BCUT2D eigenvalue weighted by Crippen LogP contribution is 2.29. The first-order chi connectivity index (χ1) is 12.9. The second kappa shape index (κ2) is 8.23. The number of H-pyrrole nitrogens is 1. The molecule has 4 atom stereocenters. The molecule has 5 N–H and O–H groups in total. The average molecular weight is 401 g/mol. The van der Waals surface area contributed by atoms with Crippen molar-refractivity contribution in [3.63, 3.8) is 0 Å². The maximum atomic E-state index is 13.5. The minimum atomic E-state index is -1.49. The molecule has 1 aromatic rings. The second-order valence-electron chi connectivity index (χ2n) is 7.85. The van der Waals surface area contributed by atoms with Gasteiger partial charge in [0.2, 0.25) is 11.7 Å². The number of rotatable bonds is 6. The second-order valence-corrected chi connectivity index (χ2v) is 7.85. The van der Waals surface area contributed by atoms with E-state index in [2.05, 4.69) is 5.32 Å². The third kappa shape index (κ3) is 5.04. The molecule has 1 aliphatic rings. The molecule has 1 amide bonds. The maximum absolute atomic E-state index is 13.5. The number of aliphatic hydroxyl groups excluding tert-OH is 2. The van der Waals surface area contributed by atoms with Crippen molar-refractivity contribution in [2.75, 3.05) is 0 Å². The molecule has 11 heteroatoms. The summed E-state index contributed by atoms with van der Waals surface area (Å²) in [5.74, 6) is -2.71. The Morgan fingerprint density at radius 3 is 2.50 bits per heavy atom. The van der Waals surface area contributed by atoms with E-state index in [4.69, 9.17) is 5.11 Å². The molecule has 0 radical (unpaired) electrons. The number of carbonyl (C=O) groups excluding carboxylic acids is 1. The zero-order chi connectivity index (χ0) is 21.2. The van der Waals surface area contributed by atoms with E-state index in [-0.39, 0.29) is 25.7 Å². The molecule has 1 aromatic heterocycles. The normalized spacial score (nSPS) is 25.3. The van der Waals surface area contributed by atoms with Crippen molar-refractivity contribution in [3.05, 3.63) is 32.9 Å². The van der Waals surface area contributed by atoms with Crippen molar-refractivity contribution >= 4 is 11.9 Å². The summed E-state index contributed by atoms with van der Waals surface area (Å²) in [6.07, 6.45) is -2.24. The number of amides is 1. The highest BCUT2D eigenvalue weighted by Gasteiger charge is 2.40. The molecule has 1 aliphatic carbocycles. The molecule has 0 spiro atoms. The van der Waals surface area contributed by atoms with E-state index in [1.165, 1.54) is 0 Å². The molecular weight excluding hydrogens is 377 g/mol. The Kier molecular flexibility index (Phi) is 6.40. The summed E-state index contributed by atoms with van der Waals surface area (Å²) in [7, 11) is 0. The lowest BCUT2D eigenvalue weighted by molar-refractivity contribution is -0.139. The number of nitrogens with zero attached hydrogens (tertiary/aromatic N) is 1. The Bertz CT molecular complexity index is 863. The number of hydrogen-bond donors (Lipinski definition) is 5. The quantitative estimate of drug-likeness (QED) is 0.413. The number of carboxylic acids is 1. The molecule has 1 fully saturated rings. The van der Waals surface area contributed by atoms with Gasteiger partial charge in [-0.15, -0.1) is 0 Å². The lowest BCUT2D eigenvalue weighted by Crippen LogP contribution is -2.56. The first-order valence-electron chi connectivity index (χ1n) is 8.79. The standard InChI is InChI=1S/C17H24FN3O7/c1-17(2,6-12(23)24)5-11(22)19-9-3-4-10(14(26)13(9)25)21-7-8(18)15(27)20-16(21)28/h7,9-10,13-14,25-26H,3-6H2,1-2H3,(H,19,22)(H,23,24)(H,20,27,28)/t9-,10-,13-,14-/m1/s1. The Hall–Kier alpha value is -2.53. The molecule has 156 valence electrons. The lowest BCUT2D eigenvalue weighted by Gasteiger charge is -2.38. The first-order valence-corrected chi connectivity index (χ1v) is 8.79. The number of halogens is 1. The van der Waals surface area contributed by atoms with Crippen LogP contribution in [0.1, 0.15) is 45.6 Å². The van der Waals surface area contributed by atoms with E-state index in [0.717, 1.165) is 4.57 Å². The molecule has 0 saturated heterocycles. The molecule has 1 heterocycles. The number of carboxylic acid groups (broad SMARTS) is 1. The minimum Gasteiger partial charge on any atom is -0.481 e. The number of nitrogens with one attached hydrogen (secondary N) is 2. The van der Waals surface area contributed by atoms with Crippen LogP contribution in [0.25, 0.3) is 0 Å². The molecule has 0 aliphatic heterocycles. The van der Waals surface area contributed by atoms with Gasteiger partial charge in [0.05, 0.1) is 24.7 Å². The van der Waals surface area contributed by atoms with E-state index in [1.807, 2.05) is 0 Å². The molecule has 0 aromatic carbocycles. The van der Waals surface area contributed by atoms with Gasteiger partial charge in [0.15, 0.2) is 0 Å². The molecule has 2 rings (SSSR count). The zero-order valence-corrected chi connectivity index (χ0v) is 15.5. The molecule has 0 bridgehead atoms. The van der Waals surface area contributed by atoms with Gasteiger partial charge in [0.25, 0.3) is 5.56 Å². The lowest BCUT2D eigenvalue weighted by atomic mass is 9.83. The van der Waals surface area contributed by atoms with Crippen LogP contribution in [0, 0.1) is 11.2 Å². The summed E-state index contributed by atoms with van der Waals surface area (Å²) in [6.45, 7) is 3.25. The van der Waals surface area contributed by atoms with Crippen LogP contribution < -0.4 is 16.6 Å². The summed E-state index contributed by atoms with van der Waals surface area (Å²) in [5.41, 5.74) is -2.89. The largest absolute Gasteiger partial charge is 0.481 e. The van der Waals surface area contributed by atoms with Crippen molar-refractivity contribution in [1.29, 1.82) is 0 Å². The van der Waals surface area contributed by atoms with Crippen LogP contribution in [0.15, 0.2) is 15.8 Å². The van der Waals surface area contributed by atoms with Crippen LogP contribution >= 0.6 is 0 Å². The molecule has 28 heavy (non-hydrogen) atoms. The van der Waals surface area contributed by atoms with Crippen LogP contribution in [-0.4, -0.2) is 55.0 Å². The van der Waals surface area contributed by atoms with Crippen LogP contribution in [0.3, 0.4) is 0 Å². The highest BCUT2D eigenvalue weighted by atomic mass is 19.1. The van der Waals surface area contributed by atoms with Crippen molar-refractivity contribution < 1.29 is 29.3 Å². The summed E-state index contributed by atoms with van der Waals surface area (Å²) in [5, 5.41) is 32.1. The number of hydrogen-bond acceptors (Lipinski definition) is 6. The third-order valence-electron chi connectivity index (χ3n) is 4.83. The van der Waals surface area contributed by atoms with Gasteiger partial charge in [0.1, 0.15) is 12.2 Å². The molecule has 1 saturated carbocycles. The van der Waals surface area contributed by atoms with Crippen LogP contribution in [0.2, 0.25) is 0 Å². The summed E-state index contributed by atoms with van der Waals surface area (Å²) >= 11 is 0. The summed E-state index contributed by atoms with van der Waals surface area (Å²) in [6, 6.07) is -1.80. The molecular formula is C17H24FN3O7. The predicted octanol–water partition coefficient (Wildman–Crippen LogP) is -0.892. The third-order valence-corrected chi connectivity index (χ3v) is 4.83. The van der Waals surface area contributed by atoms with Gasteiger partial charge in [-0.1, -0.05) is 13.8 Å². The van der Waals surface area contributed by atoms with Crippen LogP contribution in [-0.2, 0) is 9.59 Å². The fourth-order valence-electron chi connectivity index (χ4n) is 3.49. The van der Waals surface area contributed by atoms with E-state index in [9.17, 15) is 33.8 Å². The van der Waals surface area contributed by atoms with Gasteiger partial charge in [-0.2, -0.15) is 4.39 Å². The van der Waals surface area contributed by atoms with E-state index in [0.29, 0.717) is 6.20 Å². The highest BCUT2D eigenvalue weighted by molar-refractivity contribution is 5.78. The topological polar surface area (TPSA) is 162 Å². The predicted molar refractivity (Wildman–Crippen MR) is 94.1 cm³/mol. The van der Waals surface area contributed by atoms with E-state index in [1.54, 1.807) is 18.8 Å². The Morgan fingerprint density at radius 2 is 1.89 bits per heavy atom. The van der Waals surface area contributed by atoms with Gasteiger partial charge < -0.3 is 20.6 Å². The van der Waals surface area contributed by atoms with Crippen molar-refractivity contribution in [2.24, 2.45) is 5.41 Å². The van der Waals surface area contributed by atoms with E-state index < -0.39 is 58.6 Å². The fourth-order valence-corrected chi connectivity index (χ4v) is 3.49. The summed E-state index contributed by atoms with van der Waals surface area (Å²) in [4.78, 5) is 47.9. The number of aromatic nitrogens is 2. The van der Waals surface area contributed by atoms with Crippen molar-refractivity contribution in [1.82, 2.24) is 14.9 Å². The van der Waals surface area contributed by atoms with Gasteiger partial charge in [-0.3, -0.25) is 23.9 Å². The first kappa shape index (κ1) is 21.8. The number of aromatic amines is 1. The van der Waals surface area contributed by atoms with Crippen molar-refractivity contribution in [3.8, 4) is 0 Å². The van der Waals surface area contributed by atoms with Crippen molar-refractivity contribution in [2.45, 2.75) is 63.8 Å². The van der Waals surface area contributed by atoms with Gasteiger partial charge in [0, 0.05) is 6.42 Å². The monoisotopic (exact) mass is 401 g/mol. The Morgan fingerprint density at radius 1 is 1.25 bits per heavy atom. The van der Waals surface area contributed by atoms with Crippen LogP contribution in [0.5, 0.6) is 0 Å². The van der Waals surface area contributed by atoms with E-state index >= 15 is 0 Å². The Labute approximate surface area is 159 Å². The Balaban J connectivity index is 2.07.